The second-order valence-corrected chi connectivity index (χ2v) is 9.34. The third-order valence-corrected chi connectivity index (χ3v) is 7.27. The van der Waals surface area contributed by atoms with Crippen LogP contribution >= 0.6 is 23.1 Å². The average Bonchev–Trinajstić information content (AvgIpc) is 3.48. The number of rotatable bonds is 9. The summed E-state index contributed by atoms with van der Waals surface area (Å²) in [6.45, 7) is 3.43. The molecule has 1 amide bonds. The third kappa shape index (κ3) is 4.97. The molecule has 4 rings (SSSR count). The minimum Gasteiger partial charge on any atom is -0.494 e. The summed E-state index contributed by atoms with van der Waals surface area (Å²) in [5.41, 5.74) is 2.94. The van der Waals surface area contributed by atoms with Crippen molar-refractivity contribution in [3.05, 3.63) is 66.2 Å². The Morgan fingerprint density at radius 3 is 2.72 bits per heavy atom. The maximum absolute atomic E-state index is 13.4. The molecule has 0 fully saturated rings. The van der Waals surface area contributed by atoms with E-state index in [0.717, 1.165) is 40.1 Å². The van der Waals surface area contributed by atoms with E-state index < -0.39 is 0 Å². The molecule has 0 bridgehead atoms. The number of thiazole rings is 1. The SMILES string of the molecule is COc1ccc(C)c2sc(N(CCCn3ccnc3)C(=O)Cc3ccc(SC)cc3)nc12. The van der Waals surface area contributed by atoms with Crippen LogP contribution in [-0.4, -0.2) is 40.4 Å². The lowest BCUT2D eigenvalue weighted by Crippen LogP contribution is -2.33. The Bertz CT molecular complexity index is 1190. The summed E-state index contributed by atoms with van der Waals surface area (Å²) in [6, 6.07) is 12.1. The van der Waals surface area contributed by atoms with Gasteiger partial charge in [-0.05, 0) is 48.9 Å². The summed E-state index contributed by atoms with van der Waals surface area (Å²) in [4.78, 5) is 25.3. The van der Waals surface area contributed by atoms with Gasteiger partial charge in [0.2, 0.25) is 5.91 Å². The summed E-state index contributed by atoms with van der Waals surface area (Å²) >= 11 is 3.24. The second-order valence-electron chi connectivity index (χ2n) is 7.48. The largest absolute Gasteiger partial charge is 0.494 e. The highest BCUT2D eigenvalue weighted by molar-refractivity contribution is 7.98. The Hall–Kier alpha value is -2.84. The van der Waals surface area contributed by atoms with Crippen molar-refractivity contribution < 1.29 is 9.53 Å². The Labute approximate surface area is 196 Å². The fourth-order valence-corrected chi connectivity index (χ4v) is 5.05. The van der Waals surface area contributed by atoms with Crippen LogP contribution in [0.3, 0.4) is 0 Å². The van der Waals surface area contributed by atoms with Crippen molar-refractivity contribution in [1.29, 1.82) is 0 Å². The molecule has 4 aromatic rings. The van der Waals surface area contributed by atoms with Crippen LogP contribution in [0.1, 0.15) is 17.5 Å². The summed E-state index contributed by atoms with van der Waals surface area (Å²) in [5, 5.41) is 0.712. The van der Waals surface area contributed by atoms with E-state index in [2.05, 4.69) is 24.0 Å². The molecule has 0 spiro atoms. The molecule has 2 aromatic heterocycles. The van der Waals surface area contributed by atoms with Crippen molar-refractivity contribution in [2.75, 3.05) is 24.8 Å². The van der Waals surface area contributed by atoms with Crippen LogP contribution in [0.5, 0.6) is 5.75 Å². The minimum atomic E-state index is 0.0446. The number of aryl methyl sites for hydroxylation is 2. The Morgan fingerprint density at radius 1 is 1.22 bits per heavy atom. The molecule has 0 radical (unpaired) electrons. The average molecular weight is 467 g/mol. The zero-order chi connectivity index (χ0) is 22.5. The van der Waals surface area contributed by atoms with Gasteiger partial charge in [-0.3, -0.25) is 9.69 Å². The molecular formula is C24H26N4O2S2. The molecule has 166 valence electrons. The van der Waals surface area contributed by atoms with E-state index >= 15 is 0 Å². The van der Waals surface area contributed by atoms with Crippen LogP contribution in [0.25, 0.3) is 10.2 Å². The smallest absolute Gasteiger partial charge is 0.233 e. The lowest BCUT2D eigenvalue weighted by Gasteiger charge is -2.20. The number of carbonyl (C=O) groups excluding carboxylic acids is 1. The van der Waals surface area contributed by atoms with Crippen LogP contribution in [0.15, 0.2) is 60.0 Å². The maximum Gasteiger partial charge on any atom is 0.233 e. The molecule has 0 saturated heterocycles. The highest BCUT2D eigenvalue weighted by Gasteiger charge is 2.22. The van der Waals surface area contributed by atoms with Crippen molar-refractivity contribution in [2.24, 2.45) is 0 Å². The summed E-state index contributed by atoms with van der Waals surface area (Å²) in [7, 11) is 1.65. The molecule has 0 unspecified atom stereocenters. The van der Waals surface area contributed by atoms with Crippen LogP contribution in [-0.2, 0) is 17.8 Å². The van der Waals surface area contributed by atoms with Gasteiger partial charge in [-0.15, -0.1) is 11.8 Å². The number of fused-ring (bicyclic) bond motifs is 1. The van der Waals surface area contributed by atoms with Gasteiger partial charge < -0.3 is 9.30 Å². The number of methoxy groups -OCH3 is 1. The van der Waals surface area contributed by atoms with Crippen LogP contribution < -0.4 is 9.64 Å². The Balaban J connectivity index is 1.61. The molecule has 2 aromatic carbocycles. The molecule has 2 heterocycles. The molecule has 0 saturated carbocycles. The van der Waals surface area contributed by atoms with Crippen LogP contribution in [0.2, 0.25) is 0 Å². The van der Waals surface area contributed by atoms with E-state index in [0.29, 0.717) is 18.1 Å². The van der Waals surface area contributed by atoms with Crippen molar-refractivity contribution in [3.63, 3.8) is 0 Å². The monoisotopic (exact) mass is 466 g/mol. The molecular weight excluding hydrogens is 440 g/mol. The van der Waals surface area contributed by atoms with Gasteiger partial charge in [0.25, 0.3) is 0 Å². The number of hydrogen-bond donors (Lipinski definition) is 0. The number of ether oxygens (including phenoxy) is 1. The van der Waals surface area contributed by atoms with E-state index in [-0.39, 0.29) is 5.91 Å². The maximum atomic E-state index is 13.4. The standard InChI is InChI=1S/C24H26N4O2S2/c1-17-5-10-20(30-2)22-23(17)32-24(26-22)28(13-4-12-27-14-11-25-16-27)21(29)15-18-6-8-19(31-3)9-7-18/h5-11,14,16H,4,12-13,15H2,1-3H3. The number of hydrogen-bond acceptors (Lipinski definition) is 6. The van der Waals surface area contributed by atoms with E-state index in [1.54, 1.807) is 42.7 Å². The summed E-state index contributed by atoms with van der Waals surface area (Å²) in [6.07, 6.45) is 8.69. The lowest BCUT2D eigenvalue weighted by molar-refractivity contribution is -0.118. The molecule has 32 heavy (non-hydrogen) atoms. The molecule has 0 N–H and O–H groups in total. The van der Waals surface area contributed by atoms with Crippen molar-refractivity contribution in [3.8, 4) is 5.75 Å². The van der Waals surface area contributed by atoms with Gasteiger partial charge in [-0.25, -0.2) is 9.97 Å². The van der Waals surface area contributed by atoms with Crippen molar-refractivity contribution in [1.82, 2.24) is 14.5 Å². The quantitative estimate of drug-likeness (QED) is 0.317. The molecule has 0 aliphatic heterocycles. The van der Waals surface area contributed by atoms with Gasteiger partial charge in [0.05, 0.1) is 24.6 Å². The molecule has 6 nitrogen and oxygen atoms in total. The number of amides is 1. The van der Waals surface area contributed by atoms with Gasteiger partial charge in [-0.2, -0.15) is 0 Å². The lowest BCUT2D eigenvalue weighted by atomic mass is 10.1. The number of nitrogens with zero attached hydrogens (tertiary/aromatic N) is 4. The van der Waals surface area contributed by atoms with E-state index in [1.165, 1.54) is 4.90 Å². The van der Waals surface area contributed by atoms with E-state index in [9.17, 15) is 4.79 Å². The summed E-state index contributed by atoms with van der Waals surface area (Å²) in [5.74, 6) is 0.773. The van der Waals surface area contributed by atoms with E-state index in [1.807, 2.05) is 46.2 Å². The fourth-order valence-electron chi connectivity index (χ4n) is 3.55. The van der Waals surface area contributed by atoms with Crippen molar-refractivity contribution >= 4 is 44.4 Å². The van der Waals surface area contributed by atoms with Crippen molar-refractivity contribution in [2.45, 2.75) is 31.2 Å². The third-order valence-electron chi connectivity index (χ3n) is 5.32. The second kappa shape index (κ2) is 10.2. The highest BCUT2D eigenvalue weighted by Crippen LogP contribution is 2.36. The van der Waals surface area contributed by atoms with Gasteiger partial charge in [0, 0.05) is 30.4 Å². The molecule has 8 heteroatoms. The predicted octanol–water partition coefficient (Wildman–Crippen LogP) is 5.20. The number of benzene rings is 2. The number of aromatic nitrogens is 3. The first kappa shape index (κ1) is 22.4. The molecule has 0 aliphatic rings. The normalized spacial score (nSPS) is 11.1. The Kier molecular flexibility index (Phi) is 7.12. The zero-order valence-electron chi connectivity index (χ0n) is 18.4. The minimum absolute atomic E-state index is 0.0446. The number of imidazole rings is 1. The van der Waals surface area contributed by atoms with Crippen LogP contribution in [0.4, 0.5) is 5.13 Å². The fraction of sp³-hybridized carbons (Fsp3) is 0.292. The number of thioether (sulfide) groups is 1. The predicted molar refractivity (Wildman–Crippen MR) is 132 cm³/mol. The highest BCUT2D eigenvalue weighted by atomic mass is 32.2. The van der Waals surface area contributed by atoms with Gasteiger partial charge in [0.1, 0.15) is 11.3 Å². The summed E-state index contributed by atoms with van der Waals surface area (Å²) < 4.78 is 8.59. The first-order chi connectivity index (χ1) is 15.6. The molecule has 0 aliphatic carbocycles. The number of carbonyl (C=O) groups is 1. The Morgan fingerprint density at radius 2 is 2.03 bits per heavy atom. The van der Waals surface area contributed by atoms with Gasteiger partial charge in [-0.1, -0.05) is 29.5 Å². The van der Waals surface area contributed by atoms with Gasteiger partial charge in [0.15, 0.2) is 5.13 Å². The van der Waals surface area contributed by atoms with Crippen LogP contribution in [0, 0.1) is 6.92 Å². The zero-order valence-corrected chi connectivity index (χ0v) is 20.1. The number of anilines is 1. The first-order valence-electron chi connectivity index (χ1n) is 10.4. The van der Waals surface area contributed by atoms with Gasteiger partial charge >= 0.3 is 0 Å². The topological polar surface area (TPSA) is 60.2 Å². The first-order valence-corrected chi connectivity index (χ1v) is 12.5. The van der Waals surface area contributed by atoms with E-state index in [4.69, 9.17) is 9.72 Å². The molecule has 0 atom stereocenters.